The maximum atomic E-state index is 13.1. The summed E-state index contributed by atoms with van der Waals surface area (Å²) < 4.78 is 37.8. The first-order valence-electron chi connectivity index (χ1n) is 7.15. The third-order valence-electron chi connectivity index (χ3n) is 3.51. The van der Waals surface area contributed by atoms with E-state index in [0.717, 1.165) is 0 Å². The molecule has 0 saturated heterocycles. The van der Waals surface area contributed by atoms with Crippen molar-refractivity contribution in [3.8, 4) is 28.6 Å². The van der Waals surface area contributed by atoms with Crippen molar-refractivity contribution in [2.75, 3.05) is 14.2 Å². The molecule has 1 aromatic carbocycles. The van der Waals surface area contributed by atoms with Crippen LogP contribution in [-0.4, -0.2) is 29.0 Å². The highest BCUT2D eigenvalue weighted by atomic mass is 19.3. The molecule has 0 aliphatic heterocycles. The molecule has 0 amide bonds. The maximum absolute atomic E-state index is 13.1. The van der Waals surface area contributed by atoms with Crippen molar-refractivity contribution in [3.63, 3.8) is 0 Å². The Labute approximate surface area is 137 Å². The van der Waals surface area contributed by atoms with Gasteiger partial charge < -0.3 is 9.47 Å². The number of halogens is 2. The summed E-state index contributed by atoms with van der Waals surface area (Å²) in [6.45, 7) is 0. The highest BCUT2D eigenvalue weighted by Gasteiger charge is 2.18. The summed E-state index contributed by atoms with van der Waals surface area (Å²) in [5.74, 6) is 1.12. The number of benzene rings is 1. The van der Waals surface area contributed by atoms with E-state index < -0.39 is 6.43 Å². The van der Waals surface area contributed by atoms with Crippen molar-refractivity contribution in [1.29, 1.82) is 0 Å². The molecule has 2 aromatic heterocycles. The lowest BCUT2D eigenvalue weighted by Crippen LogP contribution is -2.00. The van der Waals surface area contributed by atoms with Gasteiger partial charge in [0.05, 0.1) is 25.6 Å². The largest absolute Gasteiger partial charge is 0.497 e. The third-order valence-corrected chi connectivity index (χ3v) is 3.51. The van der Waals surface area contributed by atoms with Crippen LogP contribution in [0.4, 0.5) is 8.78 Å². The topological polar surface area (TPSA) is 49.2 Å². The van der Waals surface area contributed by atoms with Gasteiger partial charge in [0.1, 0.15) is 11.4 Å². The van der Waals surface area contributed by atoms with Crippen molar-refractivity contribution < 1.29 is 18.3 Å². The molecule has 0 aliphatic carbocycles. The van der Waals surface area contributed by atoms with E-state index in [1.54, 1.807) is 49.7 Å². The van der Waals surface area contributed by atoms with Crippen LogP contribution in [0.3, 0.4) is 0 Å². The number of methoxy groups -OCH3 is 2. The van der Waals surface area contributed by atoms with Crippen LogP contribution < -0.4 is 9.47 Å². The monoisotopic (exact) mass is 331 g/mol. The minimum atomic E-state index is -2.66. The van der Waals surface area contributed by atoms with Crippen molar-refractivity contribution in [2.24, 2.45) is 0 Å². The molecule has 0 unspecified atom stereocenters. The fourth-order valence-electron chi connectivity index (χ4n) is 2.28. The van der Waals surface area contributed by atoms with E-state index in [2.05, 4.69) is 10.1 Å². The molecule has 124 valence electrons. The fraction of sp³-hybridized carbons (Fsp3) is 0.176. The van der Waals surface area contributed by atoms with E-state index >= 15 is 0 Å². The van der Waals surface area contributed by atoms with E-state index in [-0.39, 0.29) is 5.69 Å². The van der Waals surface area contributed by atoms with Crippen LogP contribution in [0.25, 0.3) is 16.9 Å². The predicted octanol–water partition coefficient (Wildman–Crippen LogP) is 3.89. The van der Waals surface area contributed by atoms with Gasteiger partial charge in [0.25, 0.3) is 6.43 Å². The van der Waals surface area contributed by atoms with Gasteiger partial charge in [-0.05, 0) is 36.4 Å². The zero-order valence-corrected chi connectivity index (χ0v) is 13.1. The van der Waals surface area contributed by atoms with Crippen molar-refractivity contribution in [3.05, 3.63) is 54.4 Å². The first-order chi connectivity index (χ1) is 11.6. The van der Waals surface area contributed by atoms with Crippen molar-refractivity contribution in [1.82, 2.24) is 14.8 Å². The number of aromatic nitrogens is 3. The van der Waals surface area contributed by atoms with Crippen LogP contribution >= 0.6 is 0 Å². The maximum Gasteiger partial charge on any atom is 0.282 e. The van der Waals surface area contributed by atoms with Gasteiger partial charge in [-0.15, -0.1) is 0 Å². The number of hydrogen-bond acceptors (Lipinski definition) is 4. The Balaban J connectivity index is 2.09. The van der Waals surface area contributed by atoms with Gasteiger partial charge in [0.15, 0.2) is 0 Å². The Morgan fingerprint density at radius 2 is 1.75 bits per heavy atom. The highest BCUT2D eigenvalue weighted by molar-refractivity contribution is 5.62. The molecule has 0 radical (unpaired) electrons. The van der Waals surface area contributed by atoms with Gasteiger partial charge in [-0.25, -0.2) is 18.4 Å². The standard InChI is InChI=1S/C17H15F2N3O2/c1-23-13-6-4-12(5-7-13)22-15(9-14(21-22)17(18)19)11-3-8-16(24-2)20-10-11/h3-10,17H,1-2H3. The normalized spacial score (nSPS) is 10.9. The Hall–Kier alpha value is -2.96. The Bertz CT molecular complexity index is 750. The lowest BCUT2D eigenvalue weighted by Gasteiger charge is -2.08. The second kappa shape index (κ2) is 6.66. The molecule has 0 fully saturated rings. The van der Waals surface area contributed by atoms with Gasteiger partial charge in [-0.3, -0.25) is 0 Å². The van der Waals surface area contributed by atoms with Gasteiger partial charge in [-0.2, -0.15) is 5.10 Å². The number of rotatable bonds is 5. The van der Waals surface area contributed by atoms with Crippen LogP contribution in [-0.2, 0) is 0 Å². The minimum Gasteiger partial charge on any atom is -0.497 e. The molecule has 0 N–H and O–H groups in total. The molecule has 2 heterocycles. The highest BCUT2D eigenvalue weighted by Crippen LogP contribution is 2.29. The number of alkyl halides is 2. The average Bonchev–Trinajstić information content (AvgIpc) is 3.07. The molecule has 5 nitrogen and oxygen atoms in total. The predicted molar refractivity (Wildman–Crippen MR) is 84.9 cm³/mol. The molecule has 24 heavy (non-hydrogen) atoms. The Morgan fingerprint density at radius 1 is 1.00 bits per heavy atom. The Kier molecular flexibility index (Phi) is 4.41. The molecule has 3 rings (SSSR count). The van der Waals surface area contributed by atoms with Crippen LogP contribution in [0.15, 0.2) is 48.7 Å². The number of nitrogens with zero attached hydrogens (tertiary/aromatic N) is 3. The van der Waals surface area contributed by atoms with Crippen LogP contribution in [0.2, 0.25) is 0 Å². The third kappa shape index (κ3) is 3.05. The van der Waals surface area contributed by atoms with E-state index in [1.807, 2.05) is 0 Å². The minimum absolute atomic E-state index is 0.295. The van der Waals surface area contributed by atoms with Gasteiger partial charge in [-0.1, -0.05) is 0 Å². The zero-order valence-electron chi connectivity index (χ0n) is 13.1. The van der Waals surface area contributed by atoms with Gasteiger partial charge >= 0.3 is 0 Å². The molecule has 3 aromatic rings. The SMILES string of the molecule is COc1ccc(-n2nc(C(F)F)cc2-c2ccc(OC)nc2)cc1. The second-order valence-electron chi connectivity index (χ2n) is 4.95. The second-order valence-corrected chi connectivity index (χ2v) is 4.95. The Morgan fingerprint density at radius 3 is 2.29 bits per heavy atom. The molecule has 0 spiro atoms. The summed E-state index contributed by atoms with van der Waals surface area (Å²) in [4.78, 5) is 4.12. The quantitative estimate of drug-likeness (QED) is 0.712. The van der Waals surface area contributed by atoms with Crippen molar-refractivity contribution in [2.45, 2.75) is 6.43 Å². The number of pyridine rings is 1. The van der Waals surface area contributed by atoms with E-state index in [4.69, 9.17) is 9.47 Å². The lowest BCUT2D eigenvalue weighted by molar-refractivity contribution is 0.145. The smallest absolute Gasteiger partial charge is 0.282 e. The molecule has 7 heteroatoms. The molecule has 0 saturated carbocycles. The van der Waals surface area contributed by atoms with Gasteiger partial charge in [0.2, 0.25) is 5.88 Å². The van der Waals surface area contributed by atoms with Crippen LogP contribution in [0.5, 0.6) is 11.6 Å². The van der Waals surface area contributed by atoms with Crippen LogP contribution in [0, 0.1) is 0 Å². The first kappa shape index (κ1) is 15.9. The van der Waals surface area contributed by atoms with Crippen LogP contribution in [0.1, 0.15) is 12.1 Å². The molecule has 0 atom stereocenters. The lowest BCUT2D eigenvalue weighted by atomic mass is 10.2. The molecule has 0 aliphatic rings. The first-order valence-corrected chi connectivity index (χ1v) is 7.15. The zero-order chi connectivity index (χ0) is 17.1. The summed E-state index contributed by atoms with van der Waals surface area (Å²) in [7, 11) is 3.07. The summed E-state index contributed by atoms with van der Waals surface area (Å²) in [5.41, 5.74) is 1.53. The van der Waals surface area contributed by atoms with E-state index in [9.17, 15) is 8.78 Å². The van der Waals surface area contributed by atoms with Crippen molar-refractivity contribution >= 4 is 0 Å². The summed E-state index contributed by atoms with van der Waals surface area (Å²) in [6, 6.07) is 11.8. The van der Waals surface area contributed by atoms with Gasteiger partial charge in [0, 0.05) is 17.8 Å². The summed E-state index contributed by atoms with van der Waals surface area (Å²) >= 11 is 0. The molecular weight excluding hydrogens is 316 g/mol. The van der Waals surface area contributed by atoms with E-state index in [1.165, 1.54) is 17.9 Å². The van der Waals surface area contributed by atoms with E-state index in [0.29, 0.717) is 28.6 Å². The summed E-state index contributed by atoms with van der Waals surface area (Å²) in [6.07, 6.45) is -1.10. The molecule has 0 bridgehead atoms. The fourth-order valence-corrected chi connectivity index (χ4v) is 2.28. The average molecular weight is 331 g/mol. The number of ether oxygens (including phenoxy) is 2. The number of hydrogen-bond donors (Lipinski definition) is 0. The summed E-state index contributed by atoms with van der Waals surface area (Å²) in [5, 5.41) is 4.02. The molecular formula is C17H15F2N3O2.